The average Bonchev–Trinajstić information content (AvgIpc) is 3.19. The molecular formula is C43H61BrN6O12. The van der Waals surface area contributed by atoms with E-state index in [0.717, 1.165) is 0 Å². The summed E-state index contributed by atoms with van der Waals surface area (Å²) in [6.45, 7) is 11.6. The first-order valence-electron chi connectivity index (χ1n) is 20.4. The zero-order valence-electron chi connectivity index (χ0n) is 36.0. The van der Waals surface area contributed by atoms with Gasteiger partial charge in [-0.25, -0.2) is 4.79 Å². The summed E-state index contributed by atoms with van der Waals surface area (Å²) in [5.41, 5.74) is 0.921. The van der Waals surface area contributed by atoms with Crippen LogP contribution in [0.4, 0.5) is 0 Å². The number of halogens is 1. The Hall–Kier alpha value is -5.40. The van der Waals surface area contributed by atoms with Gasteiger partial charge in [-0.1, -0.05) is 106 Å². The molecule has 18 nitrogen and oxygen atoms in total. The van der Waals surface area contributed by atoms with Gasteiger partial charge < -0.3 is 52.3 Å². The molecule has 0 heterocycles. The molecule has 0 radical (unpaired) electrons. The number of aliphatic carboxylic acids is 2. The van der Waals surface area contributed by atoms with Gasteiger partial charge in [0, 0.05) is 22.9 Å². The van der Waals surface area contributed by atoms with E-state index in [-0.39, 0.29) is 18.8 Å². The number of amides is 6. The second-order valence-electron chi connectivity index (χ2n) is 16.3. The molecule has 0 saturated carbocycles. The highest BCUT2D eigenvalue weighted by Crippen LogP contribution is 2.24. The summed E-state index contributed by atoms with van der Waals surface area (Å²) in [4.78, 5) is 103. The smallest absolute Gasteiger partial charge is 0.326 e. The molecule has 0 bridgehead atoms. The van der Waals surface area contributed by atoms with Crippen molar-refractivity contribution >= 4 is 63.3 Å². The molecule has 2 aromatic rings. The Morgan fingerprint density at radius 3 is 1.71 bits per heavy atom. The minimum Gasteiger partial charge on any atom is -0.481 e. The molecular weight excluding hydrogens is 872 g/mol. The molecule has 0 aliphatic carbocycles. The van der Waals surface area contributed by atoms with E-state index in [1.165, 1.54) is 6.92 Å². The third-order valence-corrected chi connectivity index (χ3v) is 10.5. The number of hydrogen-bond donors (Lipinski definition) is 10. The summed E-state index contributed by atoms with van der Waals surface area (Å²) >= 11 is 3.31. The lowest BCUT2D eigenvalue weighted by atomic mass is 9.95. The monoisotopic (exact) mass is 932 g/mol. The Balaban J connectivity index is 2.11. The molecule has 0 aliphatic heterocycles. The first kappa shape index (κ1) is 52.7. The van der Waals surface area contributed by atoms with E-state index < -0.39 is 127 Å². The molecule has 62 heavy (non-hydrogen) atoms. The van der Waals surface area contributed by atoms with Crippen LogP contribution in [0.25, 0.3) is 0 Å². The van der Waals surface area contributed by atoms with Crippen molar-refractivity contribution in [3.05, 3.63) is 70.2 Å². The van der Waals surface area contributed by atoms with E-state index in [4.69, 9.17) is 0 Å². The molecule has 2 aromatic carbocycles. The maximum atomic E-state index is 13.6. The largest absolute Gasteiger partial charge is 0.481 e. The molecule has 10 N–H and O–H groups in total. The van der Waals surface area contributed by atoms with Gasteiger partial charge in [0.2, 0.25) is 29.5 Å². The first-order valence-corrected chi connectivity index (χ1v) is 21.2. The summed E-state index contributed by atoms with van der Waals surface area (Å²) in [5.74, 6) is -8.59. The number of carboxylic acids is 2. The van der Waals surface area contributed by atoms with E-state index >= 15 is 0 Å². The van der Waals surface area contributed by atoms with Crippen LogP contribution in [0.15, 0.2) is 59.1 Å². The minimum atomic E-state index is -1.56. The Kier molecular flexibility index (Phi) is 21.7. The quantitative estimate of drug-likeness (QED) is 0.0682. The number of rotatable bonds is 25. The fourth-order valence-corrected chi connectivity index (χ4v) is 6.82. The molecule has 0 aliphatic rings. The van der Waals surface area contributed by atoms with Gasteiger partial charge in [0.05, 0.1) is 18.6 Å². The van der Waals surface area contributed by atoms with Crippen LogP contribution < -0.4 is 31.9 Å². The molecule has 2 rings (SSSR count). The van der Waals surface area contributed by atoms with Gasteiger partial charge in [-0.2, -0.15) is 0 Å². The number of nitrogens with one attached hydrogen (secondary N) is 6. The number of hydrogen-bond acceptors (Lipinski definition) is 10. The number of carbonyl (C=O) groups is 8. The van der Waals surface area contributed by atoms with Crippen molar-refractivity contribution in [2.75, 3.05) is 0 Å². The summed E-state index contributed by atoms with van der Waals surface area (Å²) in [5, 5.41) is 55.9. The number of aliphatic hydroxyl groups is 2. The van der Waals surface area contributed by atoms with Crippen LogP contribution in [-0.2, 0) is 44.8 Å². The van der Waals surface area contributed by atoms with Gasteiger partial charge in [-0.05, 0) is 49.1 Å². The third-order valence-electron chi connectivity index (χ3n) is 9.80. The van der Waals surface area contributed by atoms with E-state index in [1.54, 1.807) is 82.3 Å². The van der Waals surface area contributed by atoms with Crippen molar-refractivity contribution in [2.45, 2.75) is 129 Å². The minimum absolute atomic E-state index is 0.0275. The zero-order chi connectivity index (χ0) is 46.8. The standard InChI is InChI=1S/C43H61BrN6O12/c1-22(2)19-30(47-42(60)37(55)27-15-11-12-16-28(27)44)32(51)21-33(52)49-35(23(3)4)41(59)50-36(24(5)6)40(58)45-25(7)38(56)46-29(17-18-34(53)54)39(57)48-31(43(61)62)20-26-13-9-8-10-14-26/h8-16,22-25,29-32,35-37,51,55H,17-21H2,1-7H3,(H,45,58)(H,46,56)(H,47,60)(H,48,57)(H,49,52)(H,50,59)(H,53,54)(H,61,62)/t25-,29-,30-,31-,32-,35-,36-,37?/m0/s1. The highest BCUT2D eigenvalue weighted by Gasteiger charge is 2.35. The van der Waals surface area contributed by atoms with E-state index in [9.17, 15) is 58.8 Å². The van der Waals surface area contributed by atoms with Crippen LogP contribution in [0.3, 0.4) is 0 Å². The first-order chi connectivity index (χ1) is 29.0. The summed E-state index contributed by atoms with van der Waals surface area (Å²) < 4.78 is 0.506. The predicted octanol–water partition coefficient (Wildman–Crippen LogP) is 1.71. The van der Waals surface area contributed by atoms with Crippen molar-refractivity contribution in [1.82, 2.24) is 31.9 Å². The van der Waals surface area contributed by atoms with Gasteiger partial charge >= 0.3 is 11.9 Å². The van der Waals surface area contributed by atoms with Gasteiger partial charge in [0.1, 0.15) is 30.2 Å². The van der Waals surface area contributed by atoms with Gasteiger partial charge in [0.15, 0.2) is 6.10 Å². The maximum absolute atomic E-state index is 13.6. The van der Waals surface area contributed by atoms with E-state index in [0.29, 0.717) is 15.6 Å². The Morgan fingerprint density at radius 1 is 0.613 bits per heavy atom. The number of benzene rings is 2. The van der Waals surface area contributed by atoms with Crippen LogP contribution in [-0.4, -0.2) is 110 Å². The Labute approximate surface area is 369 Å². The molecule has 342 valence electrons. The second-order valence-corrected chi connectivity index (χ2v) is 17.1. The van der Waals surface area contributed by atoms with Crippen LogP contribution in [0, 0.1) is 17.8 Å². The lowest BCUT2D eigenvalue weighted by molar-refractivity contribution is -0.143. The van der Waals surface area contributed by atoms with Crippen LogP contribution >= 0.6 is 15.9 Å². The predicted molar refractivity (Wildman–Crippen MR) is 231 cm³/mol. The summed E-state index contributed by atoms with van der Waals surface area (Å²) in [6.07, 6.45) is -4.25. The number of carbonyl (C=O) groups excluding carboxylic acids is 6. The number of aliphatic hydroxyl groups excluding tert-OH is 2. The lowest BCUT2D eigenvalue weighted by Crippen LogP contribution is -2.60. The molecule has 0 aromatic heterocycles. The molecule has 0 saturated heterocycles. The second kappa shape index (κ2) is 25.5. The van der Waals surface area contributed by atoms with Crippen LogP contribution in [0.5, 0.6) is 0 Å². The molecule has 0 spiro atoms. The topological polar surface area (TPSA) is 290 Å². The van der Waals surface area contributed by atoms with Crippen molar-refractivity contribution in [1.29, 1.82) is 0 Å². The Bertz CT molecular complexity index is 1860. The SMILES string of the molecule is CC(C)C[C@H](NC(=O)C(O)c1ccccc1Br)[C@@H](O)CC(=O)N[C@H](C(=O)N[C@H](C(=O)N[C@@H](C)C(=O)N[C@@H](CCC(=O)O)C(=O)N[C@@H](Cc1ccccc1)C(=O)O)C(C)C)C(C)C. The molecule has 0 fully saturated rings. The molecule has 1 unspecified atom stereocenters. The third kappa shape index (κ3) is 17.5. The highest BCUT2D eigenvalue weighted by atomic mass is 79.9. The highest BCUT2D eigenvalue weighted by molar-refractivity contribution is 9.10. The molecule has 8 atom stereocenters. The average molecular weight is 934 g/mol. The lowest BCUT2D eigenvalue weighted by Gasteiger charge is -2.29. The van der Waals surface area contributed by atoms with Gasteiger partial charge in [-0.15, -0.1) is 0 Å². The normalized spacial score (nSPS) is 15.2. The molecule has 19 heteroatoms. The Morgan fingerprint density at radius 2 is 1.16 bits per heavy atom. The molecule has 6 amide bonds. The maximum Gasteiger partial charge on any atom is 0.326 e. The van der Waals surface area contributed by atoms with Crippen LogP contribution in [0.2, 0.25) is 0 Å². The van der Waals surface area contributed by atoms with E-state index in [2.05, 4.69) is 47.8 Å². The zero-order valence-corrected chi connectivity index (χ0v) is 37.6. The summed E-state index contributed by atoms with van der Waals surface area (Å²) in [6, 6.07) is 7.51. The summed E-state index contributed by atoms with van der Waals surface area (Å²) in [7, 11) is 0. The van der Waals surface area contributed by atoms with E-state index in [1.807, 2.05) is 13.8 Å². The fraction of sp³-hybridized carbons (Fsp3) is 0.535. The van der Waals surface area contributed by atoms with Crippen LogP contribution in [0.1, 0.15) is 91.4 Å². The number of carboxylic acid groups (broad SMARTS) is 2. The van der Waals surface area contributed by atoms with Crippen molar-refractivity contribution in [2.24, 2.45) is 17.8 Å². The fourth-order valence-electron chi connectivity index (χ4n) is 6.32. The van der Waals surface area contributed by atoms with Gasteiger partial charge in [0.25, 0.3) is 5.91 Å². The van der Waals surface area contributed by atoms with Gasteiger partial charge in [-0.3, -0.25) is 33.6 Å². The van der Waals surface area contributed by atoms with Crippen molar-refractivity contribution in [3.8, 4) is 0 Å². The van der Waals surface area contributed by atoms with Crippen molar-refractivity contribution < 1.29 is 58.8 Å². The van der Waals surface area contributed by atoms with Crippen molar-refractivity contribution in [3.63, 3.8) is 0 Å².